The first-order valence-electron chi connectivity index (χ1n) is 3.79. The van der Waals surface area contributed by atoms with Gasteiger partial charge in [0.25, 0.3) is 0 Å². The van der Waals surface area contributed by atoms with Crippen LogP contribution >= 0.6 is 0 Å². The minimum Gasteiger partial charge on any atom is -0.356 e. The summed E-state index contributed by atoms with van der Waals surface area (Å²) in [5.41, 5.74) is 5.48. The Morgan fingerprint density at radius 3 is 2.80 bits per heavy atom. The van der Waals surface area contributed by atoms with Gasteiger partial charge in [-0.2, -0.15) is 0 Å². The van der Waals surface area contributed by atoms with Gasteiger partial charge in [-0.3, -0.25) is 4.79 Å². The molecule has 58 valence electrons. The van der Waals surface area contributed by atoms with Crippen molar-refractivity contribution in [3.05, 3.63) is 0 Å². The topological polar surface area (TPSA) is 55.1 Å². The van der Waals surface area contributed by atoms with Gasteiger partial charge in [0.1, 0.15) is 0 Å². The number of rotatable bonds is 3. The van der Waals surface area contributed by atoms with Crippen molar-refractivity contribution in [2.24, 2.45) is 11.7 Å². The first-order valence-corrected chi connectivity index (χ1v) is 3.79. The number of amides is 1. The molecular formula is C7H14N2O. The molecule has 1 aliphatic carbocycles. The third-order valence-corrected chi connectivity index (χ3v) is 1.73. The van der Waals surface area contributed by atoms with E-state index < -0.39 is 0 Å². The van der Waals surface area contributed by atoms with Crippen LogP contribution in [0.2, 0.25) is 0 Å². The Hall–Kier alpha value is -0.570. The quantitative estimate of drug-likeness (QED) is 0.576. The second-order valence-electron chi connectivity index (χ2n) is 2.80. The molecular weight excluding hydrogens is 128 g/mol. The molecule has 0 radical (unpaired) electrons. The van der Waals surface area contributed by atoms with Crippen LogP contribution in [0.15, 0.2) is 0 Å². The van der Waals surface area contributed by atoms with Gasteiger partial charge in [0.05, 0.1) is 5.92 Å². The summed E-state index contributed by atoms with van der Waals surface area (Å²) in [7, 11) is 0. The van der Waals surface area contributed by atoms with Gasteiger partial charge in [-0.1, -0.05) is 6.92 Å². The van der Waals surface area contributed by atoms with Crippen molar-refractivity contribution >= 4 is 5.91 Å². The standard InChI is InChI=1S/C7H14N2O/c1-2-3-9-7(10)5-4-6(5)8/h5-6H,2-4,8H2,1H3,(H,9,10). The Balaban J connectivity index is 2.11. The molecule has 2 unspecified atom stereocenters. The van der Waals surface area contributed by atoms with Crippen molar-refractivity contribution in [1.29, 1.82) is 0 Å². The van der Waals surface area contributed by atoms with Crippen molar-refractivity contribution in [2.75, 3.05) is 6.54 Å². The van der Waals surface area contributed by atoms with Crippen LogP contribution in [0.3, 0.4) is 0 Å². The smallest absolute Gasteiger partial charge is 0.224 e. The molecule has 3 heteroatoms. The molecule has 3 nitrogen and oxygen atoms in total. The number of nitrogens with two attached hydrogens (primary N) is 1. The Morgan fingerprint density at radius 2 is 2.40 bits per heavy atom. The summed E-state index contributed by atoms with van der Waals surface area (Å²) in [6.07, 6.45) is 1.86. The lowest BCUT2D eigenvalue weighted by Crippen LogP contribution is -2.27. The highest BCUT2D eigenvalue weighted by molar-refractivity contribution is 5.82. The van der Waals surface area contributed by atoms with E-state index in [2.05, 4.69) is 5.32 Å². The van der Waals surface area contributed by atoms with Gasteiger partial charge >= 0.3 is 0 Å². The number of hydrogen-bond donors (Lipinski definition) is 2. The van der Waals surface area contributed by atoms with E-state index in [0.717, 1.165) is 19.4 Å². The zero-order valence-electron chi connectivity index (χ0n) is 6.26. The summed E-state index contributed by atoms with van der Waals surface area (Å²) in [6, 6.07) is 0.136. The molecule has 1 amide bonds. The van der Waals surface area contributed by atoms with Gasteiger partial charge in [-0.15, -0.1) is 0 Å². The zero-order valence-corrected chi connectivity index (χ0v) is 6.26. The summed E-state index contributed by atoms with van der Waals surface area (Å²) in [6.45, 7) is 2.81. The molecule has 1 aliphatic rings. The Labute approximate surface area is 61.0 Å². The average Bonchev–Trinajstić information content (AvgIpc) is 2.62. The van der Waals surface area contributed by atoms with E-state index in [0.29, 0.717) is 0 Å². The van der Waals surface area contributed by atoms with Gasteiger partial charge in [-0.25, -0.2) is 0 Å². The van der Waals surface area contributed by atoms with E-state index in [1.165, 1.54) is 0 Å². The summed E-state index contributed by atoms with van der Waals surface area (Å²) in [5.74, 6) is 0.251. The SMILES string of the molecule is CCCNC(=O)C1CC1N. The zero-order chi connectivity index (χ0) is 7.56. The molecule has 1 fully saturated rings. The number of nitrogens with one attached hydrogen (secondary N) is 1. The number of carbonyl (C=O) groups excluding carboxylic acids is 1. The highest BCUT2D eigenvalue weighted by Crippen LogP contribution is 2.27. The molecule has 0 aromatic carbocycles. The molecule has 0 bridgehead atoms. The number of hydrogen-bond acceptors (Lipinski definition) is 2. The van der Waals surface area contributed by atoms with Gasteiger partial charge in [0.15, 0.2) is 0 Å². The highest BCUT2D eigenvalue weighted by atomic mass is 16.2. The summed E-state index contributed by atoms with van der Waals surface area (Å²) in [4.78, 5) is 11.0. The van der Waals surface area contributed by atoms with E-state index in [4.69, 9.17) is 5.73 Å². The maximum Gasteiger partial charge on any atom is 0.224 e. The average molecular weight is 142 g/mol. The first kappa shape index (κ1) is 7.54. The third kappa shape index (κ3) is 1.70. The number of carbonyl (C=O) groups is 1. The van der Waals surface area contributed by atoms with Crippen LogP contribution in [0, 0.1) is 5.92 Å². The molecule has 0 aromatic rings. The van der Waals surface area contributed by atoms with Crippen LogP contribution in [-0.4, -0.2) is 18.5 Å². The van der Waals surface area contributed by atoms with Gasteiger partial charge in [0, 0.05) is 12.6 Å². The second kappa shape index (κ2) is 3.01. The Morgan fingerprint density at radius 1 is 1.80 bits per heavy atom. The maximum atomic E-state index is 11.0. The molecule has 0 heterocycles. The van der Waals surface area contributed by atoms with Crippen LogP contribution < -0.4 is 11.1 Å². The van der Waals surface area contributed by atoms with Crippen LogP contribution in [0.5, 0.6) is 0 Å². The first-order chi connectivity index (χ1) is 4.75. The lowest BCUT2D eigenvalue weighted by Gasteiger charge is -1.99. The molecule has 0 spiro atoms. The maximum absolute atomic E-state index is 11.0. The summed E-state index contributed by atoms with van der Waals surface area (Å²) in [5, 5.41) is 2.81. The lowest BCUT2D eigenvalue weighted by molar-refractivity contribution is -0.122. The van der Waals surface area contributed by atoms with Gasteiger partial charge in [-0.05, 0) is 12.8 Å². The van der Waals surface area contributed by atoms with Crippen LogP contribution in [0.4, 0.5) is 0 Å². The van der Waals surface area contributed by atoms with E-state index in [1.807, 2.05) is 6.92 Å². The molecule has 2 atom stereocenters. The van der Waals surface area contributed by atoms with Crippen molar-refractivity contribution in [1.82, 2.24) is 5.32 Å². The fraction of sp³-hybridized carbons (Fsp3) is 0.857. The fourth-order valence-corrected chi connectivity index (χ4v) is 0.895. The largest absolute Gasteiger partial charge is 0.356 e. The molecule has 3 N–H and O–H groups in total. The Kier molecular flexibility index (Phi) is 2.27. The van der Waals surface area contributed by atoms with Crippen molar-refractivity contribution in [2.45, 2.75) is 25.8 Å². The van der Waals surface area contributed by atoms with Gasteiger partial charge < -0.3 is 11.1 Å². The van der Waals surface area contributed by atoms with E-state index >= 15 is 0 Å². The lowest BCUT2D eigenvalue weighted by atomic mass is 10.3. The minimum atomic E-state index is 0.117. The van der Waals surface area contributed by atoms with E-state index in [-0.39, 0.29) is 17.9 Å². The highest BCUT2D eigenvalue weighted by Gasteiger charge is 2.39. The van der Waals surface area contributed by atoms with Gasteiger partial charge in [0.2, 0.25) is 5.91 Å². The van der Waals surface area contributed by atoms with Crippen molar-refractivity contribution in [3.63, 3.8) is 0 Å². The normalized spacial score (nSPS) is 29.8. The molecule has 0 saturated heterocycles. The second-order valence-corrected chi connectivity index (χ2v) is 2.80. The molecule has 0 aliphatic heterocycles. The minimum absolute atomic E-state index is 0.117. The Bertz CT molecular complexity index is 136. The summed E-state index contributed by atoms with van der Waals surface area (Å²) >= 11 is 0. The monoisotopic (exact) mass is 142 g/mol. The third-order valence-electron chi connectivity index (χ3n) is 1.73. The summed E-state index contributed by atoms with van der Waals surface area (Å²) < 4.78 is 0. The molecule has 10 heavy (non-hydrogen) atoms. The molecule has 1 rings (SSSR count). The van der Waals surface area contributed by atoms with Crippen LogP contribution in [0.1, 0.15) is 19.8 Å². The predicted octanol–water partition coefficient (Wildman–Crippen LogP) is -0.140. The molecule has 0 aromatic heterocycles. The predicted molar refractivity (Wildman–Crippen MR) is 39.4 cm³/mol. The fourth-order valence-electron chi connectivity index (χ4n) is 0.895. The van der Waals surface area contributed by atoms with Crippen molar-refractivity contribution in [3.8, 4) is 0 Å². The van der Waals surface area contributed by atoms with Crippen LogP contribution in [-0.2, 0) is 4.79 Å². The van der Waals surface area contributed by atoms with Crippen molar-refractivity contribution < 1.29 is 4.79 Å². The van der Waals surface area contributed by atoms with E-state index in [1.54, 1.807) is 0 Å². The molecule has 1 saturated carbocycles. The van der Waals surface area contributed by atoms with E-state index in [9.17, 15) is 4.79 Å². The van der Waals surface area contributed by atoms with Crippen LogP contribution in [0.25, 0.3) is 0 Å².